The first kappa shape index (κ1) is 25.6. The number of hydrogen-bond donors (Lipinski definition) is 2. The topological polar surface area (TPSA) is 98.0 Å². The van der Waals surface area contributed by atoms with Crippen molar-refractivity contribution in [2.45, 2.75) is 26.4 Å². The molecular formula is C21H29IN4O4. The Morgan fingerprint density at radius 3 is 2.43 bits per heavy atom. The first-order valence-electron chi connectivity index (χ1n) is 9.42. The summed E-state index contributed by atoms with van der Waals surface area (Å²) in [6, 6.07) is 12.6. The highest BCUT2D eigenvalue weighted by atomic mass is 127. The molecular weight excluding hydrogens is 499 g/mol. The number of halogens is 1. The van der Waals surface area contributed by atoms with E-state index in [4.69, 9.17) is 9.47 Å². The molecule has 0 aliphatic rings. The lowest BCUT2D eigenvalue weighted by molar-refractivity contribution is -0.384. The molecule has 0 fully saturated rings. The number of nitro groups is 1. The zero-order valence-corrected chi connectivity index (χ0v) is 19.8. The molecule has 2 N–H and O–H groups in total. The molecule has 2 rings (SSSR count). The Hall–Kier alpha value is -2.40. The summed E-state index contributed by atoms with van der Waals surface area (Å²) in [4.78, 5) is 14.6. The number of non-ortho nitro benzene ring substituents is 1. The number of guanidine groups is 1. The summed E-state index contributed by atoms with van der Waals surface area (Å²) in [5, 5.41) is 17.2. The molecule has 0 heterocycles. The van der Waals surface area contributed by atoms with E-state index in [1.54, 1.807) is 26.3 Å². The van der Waals surface area contributed by atoms with Crippen LogP contribution in [0.15, 0.2) is 47.5 Å². The first-order chi connectivity index (χ1) is 14.0. The number of nitro benzene ring substituents is 1. The van der Waals surface area contributed by atoms with Crippen molar-refractivity contribution in [2.75, 3.05) is 27.4 Å². The summed E-state index contributed by atoms with van der Waals surface area (Å²) in [6.45, 7) is 4.35. The lowest BCUT2D eigenvalue weighted by Gasteiger charge is -2.15. The van der Waals surface area contributed by atoms with E-state index >= 15 is 0 Å². The molecule has 0 aliphatic heterocycles. The van der Waals surface area contributed by atoms with Crippen LogP contribution in [0.2, 0.25) is 0 Å². The molecule has 8 nitrogen and oxygen atoms in total. The van der Waals surface area contributed by atoms with Crippen molar-refractivity contribution in [1.82, 2.24) is 10.6 Å². The molecule has 0 aromatic heterocycles. The largest absolute Gasteiger partial charge is 0.493 e. The smallest absolute Gasteiger partial charge is 0.269 e. The fraction of sp³-hybridized carbons (Fsp3) is 0.381. The van der Waals surface area contributed by atoms with Crippen molar-refractivity contribution in [2.24, 2.45) is 4.99 Å². The highest BCUT2D eigenvalue weighted by molar-refractivity contribution is 14.0. The molecule has 0 radical (unpaired) electrons. The molecule has 0 saturated carbocycles. The van der Waals surface area contributed by atoms with E-state index in [9.17, 15) is 10.1 Å². The van der Waals surface area contributed by atoms with Crippen molar-refractivity contribution in [3.05, 3.63) is 69.3 Å². The van der Waals surface area contributed by atoms with Gasteiger partial charge in [-0.25, -0.2) is 0 Å². The zero-order chi connectivity index (χ0) is 21.1. The standard InChI is InChI=1S/C21H28N4O4.HI/c1-16-5-8-18(20(13-16)29-12-4-11-28-3)15-24-21(22-2)23-14-17-6-9-19(10-7-17)25(26)27;/h5-10,13H,4,11-12,14-15H2,1-3H3,(H2,22,23,24);1H. The number of nitrogens with one attached hydrogen (secondary N) is 2. The van der Waals surface area contributed by atoms with Crippen LogP contribution in [0.4, 0.5) is 5.69 Å². The second-order valence-corrected chi connectivity index (χ2v) is 6.51. The van der Waals surface area contributed by atoms with E-state index in [-0.39, 0.29) is 29.7 Å². The number of methoxy groups -OCH3 is 1. The van der Waals surface area contributed by atoms with Gasteiger partial charge in [-0.15, -0.1) is 24.0 Å². The summed E-state index contributed by atoms with van der Waals surface area (Å²) in [5.41, 5.74) is 3.17. The van der Waals surface area contributed by atoms with Crippen molar-refractivity contribution in [3.8, 4) is 5.75 Å². The summed E-state index contributed by atoms with van der Waals surface area (Å²) in [7, 11) is 3.37. The molecule has 164 valence electrons. The predicted octanol–water partition coefficient (Wildman–Crippen LogP) is 3.80. The maximum atomic E-state index is 10.7. The Morgan fingerprint density at radius 2 is 1.80 bits per heavy atom. The summed E-state index contributed by atoms with van der Waals surface area (Å²) in [5.74, 6) is 1.48. The van der Waals surface area contributed by atoms with E-state index in [0.29, 0.717) is 32.3 Å². The molecule has 0 bridgehead atoms. The van der Waals surface area contributed by atoms with Crippen LogP contribution in [-0.2, 0) is 17.8 Å². The molecule has 0 unspecified atom stereocenters. The van der Waals surface area contributed by atoms with E-state index in [1.165, 1.54) is 12.1 Å². The molecule has 2 aromatic carbocycles. The van der Waals surface area contributed by atoms with Crippen LogP contribution >= 0.6 is 24.0 Å². The quantitative estimate of drug-likeness (QED) is 0.122. The van der Waals surface area contributed by atoms with Gasteiger partial charge in [-0.05, 0) is 24.1 Å². The van der Waals surface area contributed by atoms with Crippen LogP contribution in [0.25, 0.3) is 0 Å². The average Bonchev–Trinajstić information content (AvgIpc) is 2.72. The highest BCUT2D eigenvalue weighted by Crippen LogP contribution is 2.20. The maximum Gasteiger partial charge on any atom is 0.269 e. The molecule has 0 saturated heterocycles. The normalized spacial score (nSPS) is 10.8. The molecule has 9 heteroatoms. The minimum absolute atomic E-state index is 0. The fourth-order valence-corrected chi connectivity index (χ4v) is 2.65. The van der Waals surface area contributed by atoms with Crippen LogP contribution < -0.4 is 15.4 Å². The van der Waals surface area contributed by atoms with Gasteiger partial charge in [0.25, 0.3) is 5.69 Å². The Bertz CT molecular complexity index is 828. The minimum Gasteiger partial charge on any atom is -0.493 e. The van der Waals surface area contributed by atoms with E-state index in [0.717, 1.165) is 28.9 Å². The molecule has 0 spiro atoms. The van der Waals surface area contributed by atoms with E-state index < -0.39 is 4.92 Å². The van der Waals surface area contributed by atoms with Gasteiger partial charge in [0, 0.05) is 58.0 Å². The number of ether oxygens (including phenoxy) is 2. The van der Waals surface area contributed by atoms with Crippen LogP contribution in [-0.4, -0.2) is 38.3 Å². The lowest BCUT2D eigenvalue weighted by Crippen LogP contribution is -2.36. The minimum atomic E-state index is -0.409. The van der Waals surface area contributed by atoms with Gasteiger partial charge in [0.05, 0.1) is 11.5 Å². The van der Waals surface area contributed by atoms with E-state index in [2.05, 4.69) is 15.6 Å². The van der Waals surface area contributed by atoms with Gasteiger partial charge < -0.3 is 20.1 Å². The molecule has 0 amide bonds. The van der Waals surface area contributed by atoms with Crippen molar-refractivity contribution < 1.29 is 14.4 Å². The second kappa shape index (κ2) is 13.8. The Kier molecular flexibility index (Phi) is 11.8. The maximum absolute atomic E-state index is 10.7. The third kappa shape index (κ3) is 8.54. The number of rotatable bonds is 10. The van der Waals surface area contributed by atoms with Gasteiger partial charge in [-0.1, -0.05) is 24.3 Å². The lowest BCUT2D eigenvalue weighted by atomic mass is 10.1. The predicted molar refractivity (Wildman–Crippen MR) is 129 cm³/mol. The van der Waals surface area contributed by atoms with Crippen molar-refractivity contribution in [3.63, 3.8) is 0 Å². The van der Waals surface area contributed by atoms with Crippen LogP contribution in [0.1, 0.15) is 23.1 Å². The molecule has 0 aliphatic carbocycles. The average molecular weight is 528 g/mol. The highest BCUT2D eigenvalue weighted by Gasteiger charge is 2.07. The third-order valence-corrected chi connectivity index (χ3v) is 4.25. The Labute approximate surface area is 194 Å². The van der Waals surface area contributed by atoms with Gasteiger partial charge in [-0.3, -0.25) is 15.1 Å². The molecule has 30 heavy (non-hydrogen) atoms. The van der Waals surface area contributed by atoms with Crippen molar-refractivity contribution >= 4 is 35.6 Å². The number of hydrogen-bond acceptors (Lipinski definition) is 5. The number of nitrogens with zero attached hydrogens (tertiary/aromatic N) is 2. The van der Waals surface area contributed by atoms with Gasteiger partial charge in [0.1, 0.15) is 5.75 Å². The first-order valence-corrected chi connectivity index (χ1v) is 9.42. The third-order valence-electron chi connectivity index (χ3n) is 4.25. The monoisotopic (exact) mass is 528 g/mol. The van der Waals surface area contributed by atoms with Crippen LogP contribution in [0.3, 0.4) is 0 Å². The van der Waals surface area contributed by atoms with Gasteiger partial charge >= 0.3 is 0 Å². The van der Waals surface area contributed by atoms with E-state index in [1.807, 2.05) is 25.1 Å². The van der Waals surface area contributed by atoms with Crippen molar-refractivity contribution in [1.29, 1.82) is 0 Å². The number of aliphatic imine (C=N–C) groups is 1. The van der Waals surface area contributed by atoms with Crippen LogP contribution in [0, 0.1) is 17.0 Å². The number of aryl methyl sites for hydroxylation is 1. The van der Waals surface area contributed by atoms with Gasteiger partial charge in [0.15, 0.2) is 5.96 Å². The van der Waals surface area contributed by atoms with Gasteiger partial charge in [-0.2, -0.15) is 0 Å². The summed E-state index contributed by atoms with van der Waals surface area (Å²) < 4.78 is 11.0. The second-order valence-electron chi connectivity index (χ2n) is 6.51. The SMILES string of the molecule is CN=C(NCc1ccc([N+](=O)[O-])cc1)NCc1ccc(C)cc1OCCCOC.I. The summed E-state index contributed by atoms with van der Waals surface area (Å²) >= 11 is 0. The fourth-order valence-electron chi connectivity index (χ4n) is 2.65. The molecule has 2 aromatic rings. The Morgan fingerprint density at radius 1 is 1.10 bits per heavy atom. The van der Waals surface area contributed by atoms with Gasteiger partial charge in [0.2, 0.25) is 0 Å². The number of benzene rings is 2. The summed E-state index contributed by atoms with van der Waals surface area (Å²) in [6.07, 6.45) is 0.829. The van der Waals surface area contributed by atoms with Crippen LogP contribution in [0.5, 0.6) is 5.75 Å². The zero-order valence-electron chi connectivity index (χ0n) is 17.5. The Balaban J connectivity index is 0.00000450. The molecule has 0 atom stereocenters.